The van der Waals surface area contributed by atoms with Crippen molar-refractivity contribution in [2.45, 2.75) is 18.7 Å². The van der Waals surface area contributed by atoms with Crippen molar-refractivity contribution in [1.82, 2.24) is 19.4 Å². The molecule has 9 heteroatoms. The summed E-state index contributed by atoms with van der Waals surface area (Å²) in [5, 5.41) is 7.06. The van der Waals surface area contributed by atoms with Crippen LogP contribution in [-0.4, -0.2) is 67.0 Å². The third-order valence-electron chi connectivity index (χ3n) is 5.65. The number of H-pyrrole nitrogens is 1. The molecule has 1 aliphatic heterocycles. The Morgan fingerprint density at radius 1 is 1.03 bits per heavy atom. The van der Waals surface area contributed by atoms with Crippen LogP contribution in [0.15, 0.2) is 53.4 Å². The van der Waals surface area contributed by atoms with Crippen LogP contribution in [0.5, 0.6) is 5.75 Å². The molecule has 2 heterocycles. The first kappa shape index (κ1) is 22.0. The third kappa shape index (κ3) is 4.26. The lowest BCUT2D eigenvalue weighted by Crippen LogP contribution is -2.50. The van der Waals surface area contributed by atoms with Gasteiger partial charge >= 0.3 is 0 Å². The molecule has 0 spiro atoms. The van der Waals surface area contributed by atoms with Crippen LogP contribution in [0.2, 0.25) is 0 Å². The third-order valence-corrected chi connectivity index (χ3v) is 7.71. The van der Waals surface area contributed by atoms with E-state index in [1.165, 1.54) is 4.31 Å². The van der Waals surface area contributed by atoms with Crippen LogP contribution < -0.4 is 4.74 Å². The highest BCUT2D eigenvalue weighted by Crippen LogP contribution is 2.24. The molecular formula is C23H26N4O4S. The Labute approximate surface area is 187 Å². The lowest BCUT2D eigenvalue weighted by molar-refractivity contribution is 0.0692. The minimum absolute atomic E-state index is 0.199. The van der Waals surface area contributed by atoms with Crippen LogP contribution in [-0.2, 0) is 10.0 Å². The second kappa shape index (κ2) is 8.76. The lowest BCUT2D eigenvalue weighted by Gasteiger charge is -2.34. The SMILES string of the molecule is COc1cccc(-c2cc(C(=O)N3CCN(S(=O)(=O)c4ccc(C)cc4C)CC3)[nH]n2)c1. The summed E-state index contributed by atoms with van der Waals surface area (Å²) in [5.41, 5.74) is 3.59. The number of ether oxygens (including phenoxy) is 1. The predicted molar refractivity (Wildman–Crippen MR) is 121 cm³/mol. The van der Waals surface area contributed by atoms with Gasteiger partial charge < -0.3 is 9.64 Å². The summed E-state index contributed by atoms with van der Waals surface area (Å²) in [5.74, 6) is 0.509. The van der Waals surface area contributed by atoms with Crippen molar-refractivity contribution >= 4 is 15.9 Å². The van der Waals surface area contributed by atoms with Crippen molar-refractivity contribution < 1.29 is 17.9 Å². The zero-order chi connectivity index (χ0) is 22.9. The number of benzene rings is 2. The molecular weight excluding hydrogens is 428 g/mol. The number of nitrogens with one attached hydrogen (secondary N) is 1. The molecule has 1 aliphatic rings. The van der Waals surface area contributed by atoms with Crippen LogP contribution in [0.3, 0.4) is 0 Å². The van der Waals surface area contributed by atoms with Crippen LogP contribution in [0, 0.1) is 13.8 Å². The summed E-state index contributed by atoms with van der Waals surface area (Å²) in [6, 6.07) is 14.5. The normalized spacial score (nSPS) is 15.0. The van der Waals surface area contributed by atoms with Gasteiger partial charge in [-0.2, -0.15) is 9.40 Å². The van der Waals surface area contributed by atoms with E-state index in [0.29, 0.717) is 35.1 Å². The molecule has 1 aromatic heterocycles. The zero-order valence-corrected chi connectivity index (χ0v) is 19.1. The summed E-state index contributed by atoms with van der Waals surface area (Å²) in [4.78, 5) is 14.9. The van der Waals surface area contributed by atoms with Crippen molar-refractivity contribution in [1.29, 1.82) is 0 Å². The topological polar surface area (TPSA) is 95.6 Å². The predicted octanol–water partition coefficient (Wildman–Crippen LogP) is 2.85. The maximum Gasteiger partial charge on any atom is 0.271 e. The number of nitrogens with zero attached hydrogens (tertiary/aromatic N) is 3. The van der Waals surface area contributed by atoms with Gasteiger partial charge in [0, 0.05) is 31.7 Å². The standard InChI is InChI=1S/C23H26N4O4S/c1-16-7-8-22(17(2)13-16)32(29,30)27-11-9-26(10-12-27)23(28)21-15-20(24-25-21)18-5-4-6-19(14-18)31-3/h4-8,13-15H,9-12H2,1-3H3,(H,24,25). The summed E-state index contributed by atoms with van der Waals surface area (Å²) >= 11 is 0. The first-order valence-electron chi connectivity index (χ1n) is 10.4. The van der Waals surface area contributed by atoms with Crippen molar-refractivity contribution in [3.63, 3.8) is 0 Å². The number of carbonyl (C=O) groups excluding carboxylic acids is 1. The minimum atomic E-state index is -3.60. The van der Waals surface area contributed by atoms with Gasteiger partial charge in [0.2, 0.25) is 10.0 Å². The number of aromatic amines is 1. The highest BCUT2D eigenvalue weighted by atomic mass is 32.2. The fraction of sp³-hybridized carbons (Fsp3) is 0.304. The number of hydrogen-bond acceptors (Lipinski definition) is 5. The number of carbonyl (C=O) groups is 1. The quantitative estimate of drug-likeness (QED) is 0.640. The fourth-order valence-electron chi connectivity index (χ4n) is 3.89. The molecule has 1 amide bonds. The molecule has 168 valence electrons. The van der Waals surface area contributed by atoms with Gasteiger partial charge in [-0.1, -0.05) is 29.8 Å². The van der Waals surface area contributed by atoms with E-state index in [4.69, 9.17) is 4.74 Å². The number of amides is 1. The molecule has 0 aliphatic carbocycles. The van der Waals surface area contributed by atoms with Crippen LogP contribution >= 0.6 is 0 Å². The van der Waals surface area contributed by atoms with Crippen molar-refractivity contribution in [3.8, 4) is 17.0 Å². The Morgan fingerprint density at radius 2 is 1.78 bits per heavy atom. The minimum Gasteiger partial charge on any atom is -0.497 e. The average molecular weight is 455 g/mol. The van der Waals surface area contributed by atoms with Gasteiger partial charge in [-0.15, -0.1) is 0 Å². The van der Waals surface area contributed by atoms with E-state index in [0.717, 1.165) is 16.7 Å². The monoisotopic (exact) mass is 454 g/mol. The first-order chi connectivity index (χ1) is 15.3. The maximum atomic E-state index is 13.1. The van der Waals surface area contributed by atoms with Gasteiger partial charge in [-0.3, -0.25) is 9.89 Å². The van der Waals surface area contributed by atoms with Crippen LogP contribution in [0.1, 0.15) is 21.6 Å². The Hall–Kier alpha value is -3.17. The molecule has 3 aromatic rings. The molecule has 1 fully saturated rings. The van der Waals surface area contributed by atoms with E-state index in [1.807, 2.05) is 37.3 Å². The molecule has 0 radical (unpaired) electrons. The average Bonchev–Trinajstić information content (AvgIpc) is 3.29. The first-order valence-corrected chi connectivity index (χ1v) is 11.8. The van der Waals surface area contributed by atoms with Gasteiger partial charge in [-0.25, -0.2) is 8.42 Å². The summed E-state index contributed by atoms with van der Waals surface area (Å²) in [7, 11) is -2.00. The Kier molecular flexibility index (Phi) is 6.03. The number of hydrogen-bond donors (Lipinski definition) is 1. The van der Waals surface area contributed by atoms with Gasteiger partial charge in [0.15, 0.2) is 0 Å². The van der Waals surface area contributed by atoms with E-state index in [2.05, 4.69) is 10.2 Å². The number of piperazine rings is 1. The van der Waals surface area contributed by atoms with Crippen LogP contribution in [0.25, 0.3) is 11.3 Å². The van der Waals surface area contributed by atoms with Gasteiger partial charge in [0.25, 0.3) is 5.91 Å². The molecule has 1 N–H and O–H groups in total. The number of aryl methyl sites for hydroxylation is 2. The van der Waals surface area contributed by atoms with Crippen LogP contribution in [0.4, 0.5) is 0 Å². The fourth-order valence-corrected chi connectivity index (χ4v) is 5.52. The van der Waals surface area contributed by atoms with E-state index < -0.39 is 10.0 Å². The largest absolute Gasteiger partial charge is 0.497 e. The molecule has 2 aromatic carbocycles. The maximum absolute atomic E-state index is 13.1. The molecule has 4 rings (SSSR count). The number of sulfonamides is 1. The Balaban J connectivity index is 1.44. The number of rotatable bonds is 5. The summed E-state index contributed by atoms with van der Waals surface area (Å²) in [6.07, 6.45) is 0. The number of aromatic nitrogens is 2. The molecule has 0 saturated carbocycles. The smallest absolute Gasteiger partial charge is 0.271 e. The molecule has 0 unspecified atom stereocenters. The van der Waals surface area contributed by atoms with Gasteiger partial charge in [-0.05, 0) is 43.7 Å². The van der Waals surface area contributed by atoms with Crippen molar-refractivity contribution in [2.75, 3.05) is 33.3 Å². The molecule has 8 nitrogen and oxygen atoms in total. The van der Waals surface area contributed by atoms with E-state index >= 15 is 0 Å². The molecule has 0 bridgehead atoms. The molecule has 0 atom stereocenters. The van der Waals surface area contributed by atoms with Gasteiger partial charge in [0.1, 0.15) is 11.4 Å². The van der Waals surface area contributed by atoms with E-state index in [-0.39, 0.29) is 19.0 Å². The second-order valence-electron chi connectivity index (χ2n) is 7.86. The summed E-state index contributed by atoms with van der Waals surface area (Å²) in [6.45, 7) is 4.87. The highest BCUT2D eigenvalue weighted by Gasteiger charge is 2.31. The Morgan fingerprint density at radius 3 is 2.47 bits per heavy atom. The second-order valence-corrected chi connectivity index (χ2v) is 9.77. The lowest BCUT2D eigenvalue weighted by atomic mass is 10.1. The summed E-state index contributed by atoms with van der Waals surface area (Å²) < 4.78 is 32.8. The Bertz CT molecular complexity index is 1240. The molecule has 32 heavy (non-hydrogen) atoms. The molecule has 1 saturated heterocycles. The number of methoxy groups -OCH3 is 1. The van der Waals surface area contributed by atoms with E-state index in [9.17, 15) is 13.2 Å². The van der Waals surface area contributed by atoms with Crippen molar-refractivity contribution in [2.24, 2.45) is 0 Å². The highest BCUT2D eigenvalue weighted by molar-refractivity contribution is 7.89. The van der Waals surface area contributed by atoms with E-state index in [1.54, 1.807) is 37.1 Å². The zero-order valence-electron chi connectivity index (χ0n) is 18.3. The van der Waals surface area contributed by atoms with Crippen molar-refractivity contribution in [3.05, 3.63) is 65.4 Å². The van der Waals surface area contributed by atoms with Gasteiger partial charge in [0.05, 0.1) is 17.7 Å².